The lowest BCUT2D eigenvalue weighted by atomic mass is 9.95. The van der Waals surface area contributed by atoms with E-state index in [-0.39, 0.29) is 0 Å². The predicted octanol–water partition coefficient (Wildman–Crippen LogP) is 5.50. The first-order valence-electron chi connectivity index (χ1n) is 6.43. The van der Waals surface area contributed by atoms with Crippen molar-refractivity contribution in [2.45, 2.75) is 19.3 Å². The SMILES string of the molecule is C=CC1CC=CCC1.C=Cc1ccccc1C=C. The highest BCUT2D eigenvalue weighted by molar-refractivity contribution is 5.63. The zero-order valence-corrected chi connectivity index (χ0v) is 11.0. The smallest absolute Gasteiger partial charge is 0.0190 e. The van der Waals surface area contributed by atoms with E-state index in [1.54, 1.807) is 0 Å². The molecule has 0 aromatic heterocycles. The molecule has 18 heavy (non-hydrogen) atoms. The third-order valence-corrected chi connectivity index (χ3v) is 3.08. The lowest BCUT2D eigenvalue weighted by molar-refractivity contribution is 0.585. The lowest BCUT2D eigenvalue weighted by Gasteiger charge is -2.11. The summed E-state index contributed by atoms with van der Waals surface area (Å²) < 4.78 is 0. The van der Waals surface area contributed by atoms with Crippen LogP contribution in [0.25, 0.3) is 12.2 Å². The maximum absolute atomic E-state index is 3.75. The molecule has 2 rings (SSSR count). The summed E-state index contributed by atoms with van der Waals surface area (Å²) in [5, 5.41) is 0. The first-order chi connectivity index (χ1) is 8.81. The van der Waals surface area contributed by atoms with Gasteiger partial charge in [0.2, 0.25) is 0 Å². The third kappa shape index (κ3) is 4.58. The second-order valence-corrected chi connectivity index (χ2v) is 4.32. The van der Waals surface area contributed by atoms with E-state index < -0.39 is 0 Å². The Bertz CT molecular complexity index is 396. The van der Waals surface area contributed by atoms with Crippen LogP contribution in [0.5, 0.6) is 0 Å². The van der Waals surface area contributed by atoms with E-state index in [1.807, 2.05) is 36.4 Å². The molecule has 0 heterocycles. The third-order valence-electron chi connectivity index (χ3n) is 3.08. The largest absolute Gasteiger partial charge is 0.103 e. The van der Waals surface area contributed by atoms with Gasteiger partial charge in [-0.3, -0.25) is 0 Å². The Morgan fingerprint density at radius 1 is 0.944 bits per heavy atom. The van der Waals surface area contributed by atoms with Gasteiger partial charge >= 0.3 is 0 Å². The number of hydrogen-bond acceptors (Lipinski definition) is 0. The van der Waals surface area contributed by atoms with Crippen LogP contribution in [-0.2, 0) is 0 Å². The molecule has 1 aliphatic rings. The molecule has 0 fully saturated rings. The summed E-state index contributed by atoms with van der Waals surface area (Å²) in [5.74, 6) is 0.764. The standard InChI is InChI=1S/C10H10.C8H12/c1-3-9-7-5-6-8-10(9)4-2;1-2-8-6-4-3-5-7-8/h3-8H,1-2H2;2-4,8H,1,5-7H2. The molecular weight excluding hydrogens is 216 g/mol. The monoisotopic (exact) mass is 238 g/mol. The van der Waals surface area contributed by atoms with Gasteiger partial charge in [0, 0.05) is 0 Å². The van der Waals surface area contributed by atoms with Gasteiger partial charge in [-0.1, -0.05) is 67.8 Å². The van der Waals surface area contributed by atoms with E-state index in [2.05, 4.69) is 38.0 Å². The van der Waals surface area contributed by atoms with Crippen molar-refractivity contribution >= 4 is 12.2 Å². The average molecular weight is 238 g/mol. The van der Waals surface area contributed by atoms with E-state index in [9.17, 15) is 0 Å². The van der Waals surface area contributed by atoms with Crippen LogP contribution in [0.3, 0.4) is 0 Å². The fourth-order valence-electron chi connectivity index (χ4n) is 1.91. The van der Waals surface area contributed by atoms with Crippen LogP contribution in [0, 0.1) is 5.92 Å². The lowest BCUT2D eigenvalue weighted by Crippen LogP contribution is -1.96. The minimum atomic E-state index is 0.764. The molecule has 94 valence electrons. The fraction of sp³-hybridized carbons (Fsp3) is 0.222. The van der Waals surface area contributed by atoms with Crippen molar-refractivity contribution in [2.75, 3.05) is 0 Å². The Morgan fingerprint density at radius 2 is 1.56 bits per heavy atom. The second kappa shape index (κ2) is 8.30. The first kappa shape index (κ1) is 14.2. The van der Waals surface area contributed by atoms with E-state index >= 15 is 0 Å². The van der Waals surface area contributed by atoms with Gasteiger partial charge < -0.3 is 0 Å². The van der Waals surface area contributed by atoms with Crippen molar-refractivity contribution in [3.8, 4) is 0 Å². The molecular formula is C18H22. The minimum Gasteiger partial charge on any atom is -0.103 e. The Labute approximate surface area is 111 Å². The fourth-order valence-corrected chi connectivity index (χ4v) is 1.91. The molecule has 0 nitrogen and oxygen atoms in total. The Morgan fingerprint density at radius 3 is 1.89 bits per heavy atom. The zero-order valence-electron chi connectivity index (χ0n) is 11.0. The molecule has 0 aliphatic heterocycles. The summed E-state index contributed by atoms with van der Waals surface area (Å²) in [6.07, 6.45) is 14.0. The van der Waals surface area contributed by atoms with Gasteiger partial charge in [0.25, 0.3) is 0 Å². The molecule has 1 atom stereocenters. The van der Waals surface area contributed by atoms with Crippen LogP contribution in [0.1, 0.15) is 30.4 Å². The molecule has 0 radical (unpaired) electrons. The second-order valence-electron chi connectivity index (χ2n) is 4.32. The quantitative estimate of drug-likeness (QED) is 0.610. The summed E-state index contributed by atoms with van der Waals surface area (Å²) in [4.78, 5) is 0. The molecule has 0 amide bonds. The van der Waals surface area contributed by atoms with Crippen LogP contribution in [-0.4, -0.2) is 0 Å². The van der Waals surface area contributed by atoms with Gasteiger partial charge in [0.15, 0.2) is 0 Å². The summed E-state index contributed by atoms with van der Waals surface area (Å²) in [5.41, 5.74) is 2.27. The Hall–Kier alpha value is -1.82. The summed E-state index contributed by atoms with van der Waals surface area (Å²) in [6, 6.07) is 8.02. The zero-order chi connectivity index (χ0) is 13.2. The number of allylic oxidation sites excluding steroid dienone is 3. The van der Waals surface area contributed by atoms with Crippen LogP contribution in [0.2, 0.25) is 0 Å². The van der Waals surface area contributed by atoms with Gasteiger partial charge in [-0.25, -0.2) is 0 Å². The molecule has 0 bridgehead atoms. The molecule has 1 aromatic rings. The van der Waals surface area contributed by atoms with E-state index in [1.165, 1.54) is 19.3 Å². The van der Waals surface area contributed by atoms with Crippen LogP contribution in [0.4, 0.5) is 0 Å². The molecule has 0 saturated carbocycles. The van der Waals surface area contributed by atoms with Crippen LogP contribution < -0.4 is 0 Å². The molecule has 0 N–H and O–H groups in total. The van der Waals surface area contributed by atoms with Crippen molar-refractivity contribution in [1.29, 1.82) is 0 Å². The maximum atomic E-state index is 3.75. The molecule has 1 aliphatic carbocycles. The van der Waals surface area contributed by atoms with Crippen LogP contribution >= 0.6 is 0 Å². The van der Waals surface area contributed by atoms with Crippen molar-refractivity contribution < 1.29 is 0 Å². The summed E-state index contributed by atoms with van der Waals surface area (Å²) in [7, 11) is 0. The average Bonchev–Trinajstić information content (AvgIpc) is 2.48. The Balaban J connectivity index is 0.000000184. The molecule has 0 saturated heterocycles. The molecule has 0 heteroatoms. The van der Waals surface area contributed by atoms with Crippen molar-refractivity contribution in [3.63, 3.8) is 0 Å². The van der Waals surface area contributed by atoms with Crippen molar-refractivity contribution in [3.05, 3.63) is 73.4 Å². The van der Waals surface area contributed by atoms with Gasteiger partial charge in [-0.15, -0.1) is 6.58 Å². The topological polar surface area (TPSA) is 0 Å². The number of hydrogen-bond donors (Lipinski definition) is 0. The maximum Gasteiger partial charge on any atom is -0.0190 e. The van der Waals surface area contributed by atoms with Crippen molar-refractivity contribution in [2.24, 2.45) is 5.92 Å². The normalized spacial score (nSPS) is 17.2. The molecule has 0 spiro atoms. The highest BCUT2D eigenvalue weighted by atomic mass is 14.1. The predicted molar refractivity (Wildman–Crippen MR) is 83.3 cm³/mol. The summed E-state index contributed by atoms with van der Waals surface area (Å²) in [6.45, 7) is 11.1. The van der Waals surface area contributed by atoms with Crippen LogP contribution in [0.15, 0.2) is 62.2 Å². The van der Waals surface area contributed by atoms with E-state index in [0.717, 1.165) is 17.0 Å². The van der Waals surface area contributed by atoms with Crippen molar-refractivity contribution in [1.82, 2.24) is 0 Å². The van der Waals surface area contributed by atoms with Gasteiger partial charge in [0.05, 0.1) is 0 Å². The summed E-state index contributed by atoms with van der Waals surface area (Å²) >= 11 is 0. The number of benzene rings is 1. The van der Waals surface area contributed by atoms with Gasteiger partial charge in [-0.05, 0) is 36.3 Å². The number of rotatable bonds is 3. The minimum absolute atomic E-state index is 0.764. The highest BCUT2D eigenvalue weighted by Crippen LogP contribution is 2.17. The first-order valence-corrected chi connectivity index (χ1v) is 6.43. The van der Waals surface area contributed by atoms with E-state index in [0.29, 0.717) is 0 Å². The van der Waals surface area contributed by atoms with Gasteiger partial charge in [-0.2, -0.15) is 0 Å². The van der Waals surface area contributed by atoms with Gasteiger partial charge in [0.1, 0.15) is 0 Å². The Kier molecular flexibility index (Phi) is 6.56. The highest BCUT2D eigenvalue weighted by Gasteiger charge is 2.02. The van der Waals surface area contributed by atoms with E-state index in [4.69, 9.17) is 0 Å². The molecule has 1 unspecified atom stereocenters. The molecule has 1 aromatic carbocycles.